The Morgan fingerprint density at radius 3 is 2.78 bits per heavy atom. The average Bonchev–Trinajstić information content (AvgIpc) is 2.73. The van der Waals surface area contributed by atoms with Crippen molar-refractivity contribution in [3.63, 3.8) is 0 Å². The van der Waals surface area contributed by atoms with Crippen LogP contribution in [0.4, 0.5) is 0 Å². The lowest BCUT2D eigenvalue weighted by atomic mass is 10.3. The van der Waals surface area contributed by atoms with Gasteiger partial charge in [0.05, 0.1) is 0 Å². The van der Waals surface area contributed by atoms with Gasteiger partial charge in [-0.25, -0.2) is 4.98 Å². The highest BCUT2D eigenvalue weighted by atomic mass is 32.2. The van der Waals surface area contributed by atoms with E-state index in [0.717, 1.165) is 10.6 Å². The van der Waals surface area contributed by atoms with Gasteiger partial charge in [0, 0.05) is 11.6 Å². The van der Waals surface area contributed by atoms with E-state index in [2.05, 4.69) is 14.5 Å². The molecule has 1 N–H and O–H groups in total. The van der Waals surface area contributed by atoms with Crippen LogP contribution in [-0.2, 0) is 16.7 Å². The number of aryl methyl sites for hydroxylation is 2. The monoisotopic (exact) mass is 287 g/mol. The fourth-order valence-corrected chi connectivity index (χ4v) is 2.34. The lowest BCUT2D eigenvalue weighted by Gasteiger charge is -1.94. The summed E-state index contributed by atoms with van der Waals surface area (Å²) >= 11 is 1.28. The van der Waals surface area contributed by atoms with Crippen LogP contribution in [0.25, 0.3) is 10.6 Å². The number of aromatic nitrogens is 4. The fourth-order valence-electron chi connectivity index (χ4n) is 1.27. The lowest BCUT2D eigenvalue weighted by molar-refractivity contribution is -0.750. The number of rotatable bonds is 4. The van der Waals surface area contributed by atoms with Crippen molar-refractivity contribution in [1.29, 1.82) is 0 Å². The standard InChI is InChI=1S/C9H10N4O3S2/c1-7-11-9(17-12-7)8-2-3-13(10-6-8)4-5-18(14,15)16/h2-3,6H,4-5H2,1H3/p+1. The lowest BCUT2D eigenvalue weighted by Crippen LogP contribution is -2.40. The van der Waals surface area contributed by atoms with Gasteiger partial charge in [0.25, 0.3) is 10.1 Å². The van der Waals surface area contributed by atoms with E-state index in [0.29, 0.717) is 5.82 Å². The fraction of sp³-hybridized carbons (Fsp3) is 0.333. The van der Waals surface area contributed by atoms with E-state index in [1.54, 1.807) is 18.5 Å². The van der Waals surface area contributed by atoms with Crippen molar-refractivity contribution in [1.82, 2.24) is 14.5 Å². The first-order valence-corrected chi connectivity index (χ1v) is 7.44. The van der Waals surface area contributed by atoms with Gasteiger partial charge in [-0.05, 0) is 23.6 Å². The largest absolute Gasteiger partial charge is 0.285 e. The summed E-state index contributed by atoms with van der Waals surface area (Å²) in [6.07, 6.45) is 3.22. The Balaban J connectivity index is 2.10. The van der Waals surface area contributed by atoms with Crippen molar-refractivity contribution in [2.24, 2.45) is 0 Å². The minimum atomic E-state index is -3.96. The summed E-state index contributed by atoms with van der Waals surface area (Å²) in [4.78, 5) is 4.22. The second-order valence-corrected chi connectivity index (χ2v) is 5.94. The first kappa shape index (κ1) is 13.0. The summed E-state index contributed by atoms with van der Waals surface area (Å²) in [6, 6.07) is 1.77. The Morgan fingerprint density at radius 1 is 1.50 bits per heavy atom. The van der Waals surface area contributed by atoms with Crippen LogP contribution in [0.15, 0.2) is 18.5 Å². The number of hydrogen-bond acceptors (Lipinski definition) is 6. The molecule has 0 saturated carbocycles. The minimum absolute atomic E-state index is 0.105. The maximum Gasteiger partial charge on any atom is 0.271 e. The molecule has 2 rings (SSSR count). The quantitative estimate of drug-likeness (QED) is 0.632. The molecular weight excluding hydrogens is 276 g/mol. The van der Waals surface area contributed by atoms with E-state index in [-0.39, 0.29) is 12.3 Å². The van der Waals surface area contributed by atoms with Crippen LogP contribution in [0.2, 0.25) is 0 Å². The smallest absolute Gasteiger partial charge is 0.271 e. The third-order valence-electron chi connectivity index (χ3n) is 2.12. The molecule has 0 saturated heterocycles. The molecule has 0 spiro atoms. The molecule has 0 aliphatic heterocycles. The predicted octanol–water partition coefficient (Wildman–Crippen LogP) is 0.0838. The zero-order chi connectivity index (χ0) is 13.2. The summed E-state index contributed by atoms with van der Waals surface area (Å²) in [5, 5.41) is 4.81. The molecule has 2 aromatic rings. The van der Waals surface area contributed by atoms with Crippen LogP contribution in [0, 0.1) is 6.92 Å². The molecule has 2 aromatic heterocycles. The van der Waals surface area contributed by atoms with Gasteiger partial charge in [-0.15, -0.1) is 0 Å². The molecule has 0 radical (unpaired) electrons. The summed E-state index contributed by atoms with van der Waals surface area (Å²) in [5.41, 5.74) is 0.823. The second kappa shape index (κ2) is 5.04. The van der Waals surface area contributed by atoms with Gasteiger partial charge >= 0.3 is 0 Å². The van der Waals surface area contributed by atoms with Crippen molar-refractivity contribution >= 4 is 21.7 Å². The maximum absolute atomic E-state index is 10.6. The van der Waals surface area contributed by atoms with Gasteiger partial charge in [0.15, 0.2) is 12.7 Å². The Morgan fingerprint density at radius 2 is 2.28 bits per heavy atom. The van der Waals surface area contributed by atoms with Crippen molar-refractivity contribution in [2.45, 2.75) is 13.5 Å². The summed E-state index contributed by atoms with van der Waals surface area (Å²) in [6.45, 7) is 1.91. The van der Waals surface area contributed by atoms with E-state index in [1.165, 1.54) is 16.2 Å². The van der Waals surface area contributed by atoms with Gasteiger partial charge in [-0.3, -0.25) is 4.55 Å². The normalized spacial score (nSPS) is 11.7. The third kappa shape index (κ3) is 3.52. The van der Waals surface area contributed by atoms with E-state index in [4.69, 9.17) is 4.55 Å². The van der Waals surface area contributed by atoms with Crippen LogP contribution in [0.5, 0.6) is 0 Å². The molecule has 18 heavy (non-hydrogen) atoms. The number of nitrogens with zero attached hydrogens (tertiary/aromatic N) is 4. The third-order valence-corrected chi connectivity index (χ3v) is 3.68. The van der Waals surface area contributed by atoms with E-state index >= 15 is 0 Å². The molecule has 0 aromatic carbocycles. The van der Waals surface area contributed by atoms with E-state index in [1.807, 2.05) is 6.92 Å². The van der Waals surface area contributed by atoms with Gasteiger partial charge in [0.2, 0.25) is 0 Å². The molecule has 0 aliphatic rings. The Kier molecular flexibility index (Phi) is 3.64. The van der Waals surface area contributed by atoms with Crippen LogP contribution < -0.4 is 4.68 Å². The highest BCUT2D eigenvalue weighted by molar-refractivity contribution is 7.85. The highest BCUT2D eigenvalue weighted by Gasteiger charge is 2.12. The number of hydrogen-bond donors (Lipinski definition) is 1. The molecule has 0 aliphatic carbocycles. The van der Waals surface area contributed by atoms with Crippen LogP contribution >= 0.6 is 11.5 Å². The molecule has 0 atom stereocenters. The average molecular weight is 287 g/mol. The molecular formula is C9H11N4O3S2+. The van der Waals surface area contributed by atoms with Gasteiger partial charge in [-0.2, -0.15) is 12.8 Å². The van der Waals surface area contributed by atoms with Gasteiger partial charge in [0.1, 0.15) is 22.8 Å². The first-order valence-electron chi connectivity index (χ1n) is 5.06. The van der Waals surface area contributed by atoms with Crippen molar-refractivity contribution in [3.8, 4) is 10.6 Å². The molecule has 0 fully saturated rings. The Hall–Kier alpha value is -1.45. The molecule has 7 nitrogen and oxygen atoms in total. The summed E-state index contributed by atoms with van der Waals surface area (Å²) in [5.74, 6) is 0.347. The predicted molar refractivity (Wildman–Crippen MR) is 64.5 cm³/mol. The van der Waals surface area contributed by atoms with E-state index < -0.39 is 10.1 Å². The summed E-state index contributed by atoms with van der Waals surface area (Å²) in [7, 11) is -3.96. The highest BCUT2D eigenvalue weighted by Crippen LogP contribution is 2.18. The topological polar surface area (TPSA) is 96.9 Å². The Labute approximate surface area is 108 Å². The molecule has 2 heterocycles. The second-order valence-electron chi connectivity index (χ2n) is 3.61. The van der Waals surface area contributed by atoms with Gasteiger partial charge < -0.3 is 0 Å². The molecule has 0 unspecified atom stereocenters. The maximum atomic E-state index is 10.6. The molecule has 96 valence electrons. The summed E-state index contributed by atoms with van der Waals surface area (Å²) < 4.78 is 35.3. The van der Waals surface area contributed by atoms with Crippen molar-refractivity contribution in [2.75, 3.05) is 5.75 Å². The van der Waals surface area contributed by atoms with Gasteiger partial charge in [-0.1, -0.05) is 4.68 Å². The zero-order valence-corrected chi connectivity index (χ0v) is 11.1. The van der Waals surface area contributed by atoms with Crippen molar-refractivity contribution in [3.05, 3.63) is 24.3 Å². The molecule has 9 heteroatoms. The molecule has 0 bridgehead atoms. The zero-order valence-electron chi connectivity index (χ0n) is 9.52. The van der Waals surface area contributed by atoms with E-state index in [9.17, 15) is 8.42 Å². The van der Waals surface area contributed by atoms with Crippen LogP contribution in [0.1, 0.15) is 5.82 Å². The first-order chi connectivity index (χ1) is 8.44. The van der Waals surface area contributed by atoms with Crippen LogP contribution in [0.3, 0.4) is 0 Å². The molecule has 0 amide bonds. The minimum Gasteiger partial charge on any atom is -0.285 e. The van der Waals surface area contributed by atoms with Crippen LogP contribution in [-0.4, -0.2) is 33.2 Å². The van der Waals surface area contributed by atoms with Crippen molar-refractivity contribution < 1.29 is 17.7 Å². The SMILES string of the molecule is Cc1nsc(-c2cc[n+](CCS(=O)(=O)O)nc2)n1. The Bertz CT molecular complexity index is 636.